The van der Waals surface area contributed by atoms with E-state index in [1.54, 1.807) is 0 Å². The second-order valence-electron chi connectivity index (χ2n) is 6.91. The van der Waals surface area contributed by atoms with Gasteiger partial charge in [0.15, 0.2) is 7.83 Å². The van der Waals surface area contributed by atoms with Gasteiger partial charge in [-0.3, -0.25) is 0 Å². The standard InChI is InChI=1S/C11H31NOSi3/c1-11(2)12(14(4,5)6)15(7,8)16(9,10)13-3/h11H,1-10H3. The molecular formula is C11H31NOSi3. The fraction of sp³-hybridized carbons (Fsp3) is 1.00. The van der Waals surface area contributed by atoms with E-state index < -0.39 is 23.8 Å². The third-order valence-corrected chi connectivity index (χ3v) is 26.0. The summed E-state index contributed by atoms with van der Waals surface area (Å²) in [5, 5.41) is 0. The minimum absolute atomic E-state index is 0.648. The summed E-state index contributed by atoms with van der Waals surface area (Å²) in [6.07, 6.45) is 0. The summed E-state index contributed by atoms with van der Waals surface area (Å²) in [6, 6.07) is 0.648. The van der Waals surface area contributed by atoms with Crippen LogP contribution in [0.5, 0.6) is 0 Å². The zero-order valence-corrected chi connectivity index (χ0v) is 15.9. The van der Waals surface area contributed by atoms with Gasteiger partial charge < -0.3 is 8.66 Å². The van der Waals surface area contributed by atoms with Gasteiger partial charge in [-0.2, -0.15) is 0 Å². The van der Waals surface area contributed by atoms with E-state index in [-0.39, 0.29) is 0 Å². The van der Waals surface area contributed by atoms with E-state index in [1.165, 1.54) is 0 Å². The summed E-state index contributed by atoms with van der Waals surface area (Å²) >= 11 is 0. The smallest absolute Gasteiger partial charge is 0.190 e. The van der Waals surface area contributed by atoms with E-state index in [4.69, 9.17) is 4.43 Å². The molecule has 0 radical (unpaired) electrons. The zero-order chi connectivity index (χ0) is 13.4. The van der Waals surface area contributed by atoms with E-state index in [1.807, 2.05) is 7.11 Å². The second kappa shape index (κ2) is 5.06. The molecule has 0 bridgehead atoms. The lowest BCUT2D eigenvalue weighted by molar-refractivity contribution is 0.410. The molecule has 0 N–H and O–H groups in total. The molecule has 0 aromatic rings. The van der Waals surface area contributed by atoms with E-state index in [2.05, 4.69) is 63.9 Å². The van der Waals surface area contributed by atoms with Crippen LogP contribution in [0.25, 0.3) is 0 Å². The van der Waals surface area contributed by atoms with Crippen molar-refractivity contribution in [2.24, 2.45) is 0 Å². The van der Waals surface area contributed by atoms with Gasteiger partial charge in [-0.1, -0.05) is 46.6 Å². The van der Waals surface area contributed by atoms with Gasteiger partial charge in [0, 0.05) is 7.11 Å². The molecule has 98 valence electrons. The molecule has 16 heavy (non-hydrogen) atoms. The molecule has 0 atom stereocenters. The summed E-state index contributed by atoms with van der Waals surface area (Å²) in [7, 11) is -2.34. The molecule has 0 aliphatic carbocycles. The van der Waals surface area contributed by atoms with Gasteiger partial charge in [0.25, 0.3) is 0 Å². The fourth-order valence-corrected chi connectivity index (χ4v) is 22.9. The number of rotatable bonds is 5. The molecule has 0 saturated heterocycles. The molecule has 0 aliphatic heterocycles. The van der Waals surface area contributed by atoms with Crippen LogP contribution in [0.15, 0.2) is 0 Å². The highest BCUT2D eigenvalue weighted by Crippen LogP contribution is 2.30. The highest BCUT2D eigenvalue weighted by atomic mass is 29.3. The Morgan fingerprint density at radius 1 is 0.875 bits per heavy atom. The average molecular weight is 278 g/mol. The van der Waals surface area contributed by atoms with Gasteiger partial charge in [0.05, 0.1) is 0 Å². The van der Waals surface area contributed by atoms with Gasteiger partial charge in [0.1, 0.15) is 16.0 Å². The minimum atomic E-state index is -1.54. The van der Waals surface area contributed by atoms with E-state index in [9.17, 15) is 0 Å². The summed E-state index contributed by atoms with van der Waals surface area (Å²) in [4.78, 5) is 0. The van der Waals surface area contributed by atoms with Crippen molar-refractivity contribution in [3.05, 3.63) is 0 Å². The lowest BCUT2D eigenvalue weighted by Crippen LogP contribution is -2.74. The molecule has 0 aromatic heterocycles. The first kappa shape index (κ1) is 16.6. The molecule has 0 saturated carbocycles. The van der Waals surface area contributed by atoms with Crippen molar-refractivity contribution in [3.8, 4) is 0 Å². The SMILES string of the molecule is CO[Si](C)(C)[Si](C)(C)N(C(C)C)[Si](C)(C)C. The van der Waals surface area contributed by atoms with Crippen LogP contribution in [0, 0.1) is 0 Å². The normalized spacial score (nSPS) is 15.0. The molecule has 0 aromatic carbocycles. The lowest BCUT2D eigenvalue weighted by Gasteiger charge is -2.53. The van der Waals surface area contributed by atoms with E-state index in [0.29, 0.717) is 6.04 Å². The lowest BCUT2D eigenvalue weighted by atomic mass is 10.4. The van der Waals surface area contributed by atoms with Crippen molar-refractivity contribution in [2.75, 3.05) is 7.11 Å². The van der Waals surface area contributed by atoms with Crippen LogP contribution in [0.4, 0.5) is 0 Å². The summed E-state index contributed by atoms with van der Waals surface area (Å²) < 4.78 is 8.78. The van der Waals surface area contributed by atoms with Crippen molar-refractivity contribution in [1.29, 1.82) is 0 Å². The van der Waals surface area contributed by atoms with E-state index >= 15 is 0 Å². The van der Waals surface area contributed by atoms with Crippen molar-refractivity contribution in [2.45, 2.75) is 65.7 Å². The topological polar surface area (TPSA) is 12.5 Å². The second-order valence-corrected chi connectivity index (χ2v) is 26.5. The Bertz CT molecular complexity index is 234. The minimum Gasteiger partial charge on any atom is -0.422 e. The molecule has 0 spiro atoms. The third kappa shape index (κ3) is 3.29. The first-order valence-electron chi connectivity index (χ1n) is 6.22. The molecule has 0 rings (SSSR count). The largest absolute Gasteiger partial charge is 0.422 e. The first-order valence-corrected chi connectivity index (χ1v) is 16.5. The average Bonchev–Trinajstić information content (AvgIpc) is 1.99. The molecule has 0 unspecified atom stereocenters. The van der Waals surface area contributed by atoms with Gasteiger partial charge >= 0.3 is 0 Å². The molecule has 5 heteroatoms. The molecule has 0 aliphatic rings. The van der Waals surface area contributed by atoms with E-state index in [0.717, 1.165) is 0 Å². The van der Waals surface area contributed by atoms with Crippen LogP contribution in [0.2, 0.25) is 45.8 Å². The molecule has 0 fully saturated rings. The van der Waals surface area contributed by atoms with Crippen LogP contribution in [0.3, 0.4) is 0 Å². The maximum absolute atomic E-state index is 5.91. The number of hydrogen-bond acceptors (Lipinski definition) is 2. The summed E-state index contributed by atoms with van der Waals surface area (Å²) in [5.41, 5.74) is 0. The maximum Gasteiger partial charge on any atom is 0.190 e. The van der Waals surface area contributed by atoms with Crippen LogP contribution < -0.4 is 0 Å². The molecule has 2 nitrogen and oxygen atoms in total. The molecular weight excluding hydrogens is 246 g/mol. The van der Waals surface area contributed by atoms with Crippen molar-refractivity contribution in [3.63, 3.8) is 0 Å². The Morgan fingerprint density at radius 3 is 1.44 bits per heavy atom. The van der Waals surface area contributed by atoms with Crippen molar-refractivity contribution < 1.29 is 4.43 Å². The number of nitrogens with zero attached hydrogens (tertiary/aromatic N) is 1. The first-order chi connectivity index (χ1) is 6.88. The Balaban J connectivity index is 5.38. The van der Waals surface area contributed by atoms with Gasteiger partial charge in [-0.15, -0.1) is 0 Å². The van der Waals surface area contributed by atoms with Crippen LogP contribution in [-0.4, -0.2) is 41.2 Å². The maximum atomic E-state index is 5.91. The van der Waals surface area contributed by atoms with Crippen LogP contribution in [0.1, 0.15) is 13.8 Å². The summed E-state index contributed by atoms with van der Waals surface area (Å²) in [6.45, 7) is 21.8. The Kier molecular flexibility index (Phi) is 5.24. The predicted molar refractivity (Wildman–Crippen MR) is 82.3 cm³/mol. The summed E-state index contributed by atoms with van der Waals surface area (Å²) in [5.74, 6) is 0. The third-order valence-electron chi connectivity index (χ3n) is 3.83. The Labute approximate surface area is 105 Å². The quantitative estimate of drug-likeness (QED) is 0.711. The van der Waals surface area contributed by atoms with Gasteiger partial charge in [-0.05, 0) is 19.1 Å². The van der Waals surface area contributed by atoms with Crippen molar-refractivity contribution in [1.82, 2.24) is 4.23 Å². The predicted octanol–water partition coefficient (Wildman–Crippen LogP) is 3.67. The number of hydrogen-bond donors (Lipinski definition) is 0. The Morgan fingerprint density at radius 2 is 1.25 bits per heavy atom. The van der Waals surface area contributed by atoms with Gasteiger partial charge in [-0.25, -0.2) is 0 Å². The molecule has 0 amide bonds. The monoisotopic (exact) mass is 277 g/mol. The van der Waals surface area contributed by atoms with Crippen LogP contribution in [-0.2, 0) is 4.43 Å². The van der Waals surface area contributed by atoms with Crippen LogP contribution >= 0.6 is 0 Å². The highest BCUT2D eigenvalue weighted by Gasteiger charge is 2.51. The van der Waals surface area contributed by atoms with Gasteiger partial charge in [0.2, 0.25) is 0 Å². The van der Waals surface area contributed by atoms with Crippen molar-refractivity contribution >= 4 is 23.8 Å². The Hall–Kier alpha value is 0.571. The molecule has 0 heterocycles. The zero-order valence-electron chi connectivity index (χ0n) is 12.9. The highest BCUT2D eigenvalue weighted by molar-refractivity contribution is 7.38. The fourth-order valence-electron chi connectivity index (χ4n) is 2.80.